The van der Waals surface area contributed by atoms with Gasteiger partial charge in [0.05, 0.1) is 0 Å². The van der Waals surface area contributed by atoms with Crippen LogP contribution in [-0.4, -0.2) is 11.9 Å². The van der Waals surface area contributed by atoms with Crippen molar-refractivity contribution in [2.45, 2.75) is 20.3 Å². The summed E-state index contributed by atoms with van der Waals surface area (Å²) in [6.45, 7) is 9.94. The molecule has 0 heterocycles. The minimum Gasteiger partial charge on any atom is -0.386 e. The van der Waals surface area contributed by atoms with Crippen LogP contribution in [0.2, 0.25) is 0 Å². The first-order chi connectivity index (χ1) is 6.49. The molecule has 0 atom stereocenters. The van der Waals surface area contributed by atoms with Crippen LogP contribution >= 0.6 is 0 Å². The van der Waals surface area contributed by atoms with Gasteiger partial charge in [0.15, 0.2) is 0 Å². The number of hydrogen-bond acceptors (Lipinski definition) is 3. The van der Waals surface area contributed by atoms with Gasteiger partial charge in [-0.15, -0.1) is 6.58 Å². The van der Waals surface area contributed by atoms with Crippen LogP contribution in [0.3, 0.4) is 0 Å². The molecule has 0 N–H and O–H groups in total. The number of hydrogen-bond donors (Lipinski definition) is 0. The topological polar surface area (TPSA) is 43.4 Å². The molecule has 0 unspecified atom stereocenters. The van der Waals surface area contributed by atoms with Gasteiger partial charge < -0.3 is 4.74 Å². The summed E-state index contributed by atoms with van der Waals surface area (Å²) in [5, 5.41) is 0. The Morgan fingerprint density at radius 2 is 1.86 bits per heavy atom. The lowest BCUT2D eigenvalue weighted by Crippen LogP contribution is -2.13. The average Bonchev–Trinajstić information content (AvgIpc) is 2.13. The molecule has 3 nitrogen and oxygen atoms in total. The van der Waals surface area contributed by atoms with Gasteiger partial charge >= 0.3 is 11.9 Å². The van der Waals surface area contributed by atoms with Crippen molar-refractivity contribution in [2.75, 3.05) is 0 Å². The first-order valence-electron chi connectivity index (χ1n) is 4.18. The van der Waals surface area contributed by atoms with E-state index >= 15 is 0 Å². The van der Waals surface area contributed by atoms with Crippen LogP contribution < -0.4 is 0 Å². The van der Waals surface area contributed by atoms with Gasteiger partial charge in [-0.05, 0) is 20.3 Å². The molecule has 0 aliphatic carbocycles. The Hall–Kier alpha value is -1.64. The lowest BCUT2D eigenvalue weighted by molar-refractivity contribution is -0.153. The van der Waals surface area contributed by atoms with Gasteiger partial charge in [0.25, 0.3) is 0 Å². The van der Waals surface area contributed by atoms with Crippen LogP contribution in [0, 0.1) is 0 Å². The molecule has 0 fully saturated rings. The van der Waals surface area contributed by atoms with Gasteiger partial charge in [0.1, 0.15) is 0 Å². The number of allylic oxidation sites excluding steroid dienone is 2. The summed E-state index contributed by atoms with van der Waals surface area (Å²) < 4.78 is 4.49. The molecule has 0 aromatic carbocycles. The van der Waals surface area contributed by atoms with Gasteiger partial charge in [0.2, 0.25) is 0 Å². The van der Waals surface area contributed by atoms with Crippen LogP contribution in [0.4, 0.5) is 0 Å². The Morgan fingerprint density at radius 1 is 1.29 bits per heavy atom. The molecular weight excluding hydrogens is 180 g/mol. The van der Waals surface area contributed by atoms with Crippen molar-refractivity contribution in [1.29, 1.82) is 0 Å². The van der Waals surface area contributed by atoms with Crippen molar-refractivity contribution >= 4 is 11.9 Å². The van der Waals surface area contributed by atoms with E-state index in [1.807, 2.05) is 0 Å². The summed E-state index contributed by atoms with van der Waals surface area (Å²) in [7, 11) is 0. The van der Waals surface area contributed by atoms with Crippen molar-refractivity contribution < 1.29 is 14.3 Å². The van der Waals surface area contributed by atoms with E-state index in [-0.39, 0.29) is 5.57 Å². The fourth-order valence-corrected chi connectivity index (χ4v) is 0.595. The third-order valence-electron chi connectivity index (χ3n) is 1.45. The monoisotopic (exact) mass is 194 g/mol. The maximum Gasteiger partial charge on any atom is 0.341 e. The van der Waals surface area contributed by atoms with E-state index in [0.717, 1.165) is 0 Å². The van der Waals surface area contributed by atoms with Crippen molar-refractivity contribution in [3.63, 3.8) is 0 Å². The predicted molar refractivity (Wildman–Crippen MR) is 54.5 cm³/mol. The summed E-state index contributed by atoms with van der Waals surface area (Å²) in [5.41, 5.74) is 0.592. The quantitative estimate of drug-likeness (QED) is 0.298. The second kappa shape index (κ2) is 5.91. The zero-order valence-electron chi connectivity index (χ0n) is 8.50. The van der Waals surface area contributed by atoms with E-state index < -0.39 is 11.9 Å². The van der Waals surface area contributed by atoms with Crippen LogP contribution in [0.5, 0.6) is 0 Å². The molecule has 0 saturated carbocycles. The fraction of sp³-hybridized carbons (Fsp3) is 0.273. The van der Waals surface area contributed by atoms with Crippen LogP contribution in [-0.2, 0) is 14.3 Å². The van der Waals surface area contributed by atoms with Crippen LogP contribution in [0.1, 0.15) is 20.3 Å². The molecule has 0 bridgehead atoms. The minimum atomic E-state index is -0.693. The Bertz CT molecular complexity index is 298. The normalized spacial score (nSPS) is 10.6. The predicted octanol–water partition coefficient (Wildman–Crippen LogP) is 2.15. The van der Waals surface area contributed by atoms with Gasteiger partial charge in [0, 0.05) is 11.1 Å². The number of esters is 2. The zero-order valence-corrected chi connectivity index (χ0v) is 8.50. The molecule has 0 aliphatic heterocycles. The molecule has 0 aliphatic rings. The molecule has 0 spiro atoms. The Kier molecular flexibility index (Phi) is 5.22. The van der Waals surface area contributed by atoms with E-state index in [9.17, 15) is 9.59 Å². The lowest BCUT2D eigenvalue weighted by atomic mass is 10.2. The molecule has 0 amide bonds. The summed E-state index contributed by atoms with van der Waals surface area (Å²) in [6, 6.07) is 0. The fourth-order valence-electron chi connectivity index (χ4n) is 0.595. The van der Waals surface area contributed by atoms with Gasteiger partial charge in [-0.3, -0.25) is 0 Å². The number of rotatable bonds is 4. The number of carbonyl (C=O) groups is 2. The van der Waals surface area contributed by atoms with E-state index in [4.69, 9.17) is 0 Å². The van der Waals surface area contributed by atoms with Crippen molar-refractivity contribution in [2.24, 2.45) is 0 Å². The van der Waals surface area contributed by atoms with E-state index in [0.29, 0.717) is 12.0 Å². The maximum absolute atomic E-state index is 11.2. The highest BCUT2D eigenvalue weighted by atomic mass is 16.6. The second-order valence-electron chi connectivity index (χ2n) is 2.87. The first-order valence-corrected chi connectivity index (χ1v) is 4.18. The molecule has 14 heavy (non-hydrogen) atoms. The Morgan fingerprint density at radius 3 is 2.29 bits per heavy atom. The SMILES string of the molecule is C=CCC=C(C)C(=O)OC(=O)C(=C)C. The third kappa shape index (κ3) is 4.40. The van der Waals surface area contributed by atoms with Gasteiger partial charge in [-0.2, -0.15) is 0 Å². The highest BCUT2D eigenvalue weighted by molar-refractivity contribution is 6.00. The molecule has 0 aromatic heterocycles. The molecule has 76 valence electrons. The highest BCUT2D eigenvalue weighted by Gasteiger charge is 2.11. The molecule has 0 radical (unpaired) electrons. The Labute approximate surface area is 83.8 Å². The second-order valence-corrected chi connectivity index (χ2v) is 2.87. The third-order valence-corrected chi connectivity index (χ3v) is 1.45. The Balaban J connectivity index is 4.28. The number of carbonyl (C=O) groups excluding carboxylic acids is 2. The number of ether oxygens (including phenoxy) is 1. The lowest BCUT2D eigenvalue weighted by Gasteiger charge is -2.01. The van der Waals surface area contributed by atoms with Crippen molar-refractivity contribution in [3.8, 4) is 0 Å². The largest absolute Gasteiger partial charge is 0.386 e. The molecule has 0 aromatic rings. The summed E-state index contributed by atoms with van der Waals surface area (Å²) in [5.74, 6) is -1.33. The molecule has 0 rings (SSSR count). The first kappa shape index (κ1) is 12.4. The van der Waals surface area contributed by atoms with Gasteiger partial charge in [-0.25, -0.2) is 9.59 Å². The van der Waals surface area contributed by atoms with Crippen molar-refractivity contribution in [1.82, 2.24) is 0 Å². The summed E-state index contributed by atoms with van der Waals surface area (Å²) in [6.07, 6.45) is 3.86. The van der Waals surface area contributed by atoms with E-state index in [1.165, 1.54) is 6.92 Å². The minimum absolute atomic E-state index is 0.204. The van der Waals surface area contributed by atoms with E-state index in [1.54, 1.807) is 19.1 Å². The smallest absolute Gasteiger partial charge is 0.341 e. The van der Waals surface area contributed by atoms with E-state index in [2.05, 4.69) is 17.9 Å². The maximum atomic E-state index is 11.2. The molecule has 3 heteroatoms. The van der Waals surface area contributed by atoms with Gasteiger partial charge in [-0.1, -0.05) is 18.7 Å². The molecular formula is C11H14O3. The molecule has 0 saturated heterocycles. The van der Waals surface area contributed by atoms with Crippen molar-refractivity contribution in [3.05, 3.63) is 36.5 Å². The highest BCUT2D eigenvalue weighted by Crippen LogP contribution is 2.02. The average molecular weight is 194 g/mol. The summed E-state index contributed by atoms with van der Waals surface area (Å²) in [4.78, 5) is 22.1. The van der Waals surface area contributed by atoms with Crippen LogP contribution in [0.15, 0.2) is 36.5 Å². The zero-order chi connectivity index (χ0) is 11.1. The van der Waals surface area contributed by atoms with Crippen LogP contribution in [0.25, 0.3) is 0 Å². The standard InChI is InChI=1S/C11H14O3/c1-5-6-7-9(4)11(13)14-10(12)8(2)3/h5,7H,1-2,6H2,3-4H3. The summed E-state index contributed by atoms with van der Waals surface area (Å²) >= 11 is 0.